The van der Waals surface area contributed by atoms with Crippen LogP contribution in [0.1, 0.15) is 24.8 Å². The molecular formula is C23H21F3. The molecule has 0 atom stereocenters. The summed E-state index contributed by atoms with van der Waals surface area (Å²) in [6.45, 7) is -0.308. The van der Waals surface area contributed by atoms with Crippen molar-refractivity contribution in [2.24, 2.45) is 0 Å². The van der Waals surface area contributed by atoms with Crippen LogP contribution in [0.4, 0.5) is 13.2 Å². The van der Waals surface area contributed by atoms with Gasteiger partial charge < -0.3 is 0 Å². The topological polar surface area (TPSA) is 0 Å². The molecule has 0 nitrogen and oxygen atoms in total. The lowest BCUT2D eigenvalue weighted by Crippen LogP contribution is -1.92. The van der Waals surface area contributed by atoms with Gasteiger partial charge in [0.2, 0.25) is 0 Å². The van der Waals surface area contributed by atoms with E-state index in [9.17, 15) is 13.2 Å². The van der Waals surface area contributed by atoms with E-state index in [4.69, 9.17) is 0 Å². The van der Waals surface area contributed by atoms with Crippen molar-refractivity contribution in [2.45, 2.75) is 25.7 Å². The normalized spacial score (nSPS) is 10.9. The van der Waals surface area contributed by atoms with E-state index in [1.807, 2.05) is 36.4 Å². The van der Waals surface area contributed by atoms with Crippen LogP contribution in [-0.2, 0) is 6.42 Å². The van der Waals surface area contributed by atoms with Gasteiger partial charge in [0.25, 0.3) is 0 Å². The Morgan fingerprint density at radius 3 is 2.00 bits per heavy atom. The Labute approximate surface area is 152 Å². The fourth-order valence-electron chi connectivity index (χ4n) is 3.08. The van der Waals surface area contributed by atoms with Crippen LogP contribution in [0, 0.1) is 11.6 Å². The van der Waals surface area contributed by atoms with Gasteiger partial charge in [-0.25, -0.2) is 8.78 Å². The molecule has 3 heteroatoms. The second-order valence-corrected chi connectivity index (χ2v) is 6.37. The Balaban J connectivity index is 1.80. The summed E-state index contributed by atoms with van der Waals surface area (Å²) in [7, 11) is 0. The highest BCUT2D eigenvalue weighted by Crippen LogP contribution is 2.30. The van der Waals surface area contributed by atoms with E-state index in [1.54, 1.807) is 18.2 Å². The summed E-state index contributed by atoms with van der Waals surface area (Å²) in [4.78, 5) is 0. The molecule has 0 saturated heterocycles. The molecule has 0 aliphatic heterocycles. The van der Waals surface area contributed by atoms with Gasteiger partial charge in [0.15, 0.2) is 0 Å². The van der Waals surface area contributed by atoms with Gasteiger partial charge in [-0.1, -0.05) is 61.0 Å². The summed E-state index contributed by atoms with van der Waals surface area (Å²) in [6, 6.07) is 19.1. The maximum atomic E-state index is 14.5. The Hall–Kier alpha value is -2.55. The Morgan fingerprint density at radius 2 is 1.31 bits per heavy atom. The molecule has 3 aromatic carbocycles. The number of aryl methyl sites for hydroxylation is 1. The first-order valence-corrected chi connectivity index (χ1v) is 8.89. The summed E-state index contributed by atoms with van der Waals surface area (Å²) >= 11 is 0. The van der Waals surface area contributed by atoms with Crippen molar-refractivity contribution >= 4 is 0 Å². The molecule has 0 N–H and O–H groups in total. The van der Waals surface area contributed by atoms with Crippen LogP contribution in [0.3, 0.4) is 0 Å². The smallest absolute Gasteiger partial charge is 0.131 e. The van der Waals surface area contributed by atoms with Crippen molar-refractivity contribution in [3.63, 3.8) is 0 Å². The third-order valence-corrected chi connectivity index (χ3v) is 4.50. The quantitative estimate of drug-likeness (QED) is 0.401. The van der Waals surface area contributed by atoms with E-state index in [-0.39, 0.29) is 18.3 Å². The van der Waals surface area contributed by atoms with Crippen molar-refractivity contribution in [3.8, 4) is 22.3 Å². The van der Waals surface area contributed by atoms with Gasteiger partial charge in [-0.05, 0) is 48.1 Å². The van der Waals surface area contributed by atoms with Crippen LogP contribution in [0.25, 0.3) is 22.3 Å². The molecule has 0 bridgehead atoms. The van der Waals surface area contributed by atoms with Crippen molar-refractivity contribution in [1.29, 1.82) is 0 Å². The molecule has 0 unspecified atom stereocenters. The van der Waals surface area contributed by atoms with Gasteiger partial charge in [-0.2, -0.15) is 0 Å². The first-order valence-electron chi connectivity index (χ1n) is 8.89. The average molecular weight is 354 g/mol. The minimum Gasteiger partial charge on any atom is -0.251 e. The SMILES string of the molecule is FCCCCCc1ccc(-c2ccc(-c3ccccc3)c(F)c2)c(F)c1. The van der Waals surface area contributed by atoms with Gasteiger partial charge in [0.05, 0.1) is 6.67 Å². The zero-order valence-electron chi connectivity index (χ0n) is 14.5. The zero-order valence-corrected chi connectivity index (χ0v) is 14.5. The van der Waals surface area contributed by atoms with Crippen molar-refractivity contribution in [3.05, 3.63) is 83.9 Å². The first kappa shape index (κ1) is 18.2. The molecule has 3 aromatic rings. The third-order valence-electron chi connectivity index (χ3n) is 4.50. The maximum Gasteiger partial charge on any atom is 0.131 e. The summed E-state index contributed by atoms with van der Waals surface area (Å²) in [6.07, 6.45) is 2.90. The highest BCUT2D eigenvalue weighted by molar-refractivity contribution is 5.71. The first-order chi connectivity index (χ1) is 12.7. The monoisotopic (exact) mass is 354 g/mol. The Kier molecular flexibility index (Phi) is 6.11. The van der Waals surface area contributed by atoms with Crippen molar-refractivity contribution in [2.75, 3.05) is 6.67 Å². The minimum absolute atomic E-state index is 0.308. The van der Waals surface area contributed by atoms with E-state index < -0.39 is 0 Å². The van der Waals surface area contributed by atoms with E-state index >= 15 is 0 Å². The molecule has 0 aliphatic rings. The second-order valence-electron chi connectivity index (χ2n) is 6.37. The molecule has 0 saturated carbocycles. The molecule has 134 valence electrons. The average Bonchev–Trinajstić information content (AvgIpc) is 2.66. The zero-order chi connectivity index (χ0) is 18.4. The van der Waals surface area contributed by atoms with Gasteiger partial charge in [0, 0.05) is 11.1 Å². The van der Waals surface area contributed by atoms with E-state index in [0.29, 0.717) is 23.1 Å². The molecule has 0 aromatic heterocycles. The molecule has 0 radical (unpaired) electrons. The molecule has 0 heterocycles. The molecule has 0 aliphatic carbocycles. The Morgan fingerprint density at radius 1 is 0.615 bits per heavy atom. The highest BCUT2D eigenvalue weighted by atomic mass is 19.1. The molecule has 0 spiro atoms. The molecule has 0 fully saturated rings. The summed E-state index contributed by atoms with van der Waals surface area (Å²) in [5, 5.41) is 0. The van der Waals surface area contributed by atoms with Crippen LogP contribution >= 0.6 is 0 Å². The fraction of sp³-hybridized carbons (Fsp3) is 0.217. The minimum atomic E-state index is -0.372. The van der Waals surface area contributed by atoms with Crippen LogP contribution in [-0.4, -0.2) is 6.67 Å². The predicted molar refractivity (Wildman–Crippen MR) is 101 cm³/mol. The van der Waals surface area contributed by atoms with E-state index in [1.165, 1.54) is 12.1 Å². The standard InChI is InChI=1S/C23H21F3/c24-14-6-2-3-7-17-10-12-21(22(25)15-17)19-11-13-20(23(26)16-19)18-8-4-1-5-9-18/h1,4-5,8-13,15-16H,2-3,6-7,14H2. The van der Waals surface area contributed by atoms with Crippen LogP contribution in [0.15, 0.2) is 66.7 Å². The molecule has 3 rings (SSSR count). The fourth-order valence-corrected chi connectivity index (χ4v) is 3.08. The number of hydrogen-bond donors (Lipinski definition) is 0. The largest absolute Gasteiger partial charge is 0.251 e. The van der Waals surface area contributed by atoms with Gasteiger partial charge >= 0.3 is 0 Å². The van der Waals surface area contributed by atoms with Gasteiger partial charge in [0.1, 0.15) is 11.6 Å². The summed E-state index contributed by atoms with van der Waals surface area (Å²) in [5.41, 5.74) is 3.08. The van der Waals surface area contributed by atoms with E-state index in [2.05, 4.69) is 0 Å². The predicted octanol–water partition coefficient (Wildman–Crippen LogP) is 6.98. The molecule has 0 amide bonds. The van der Waals surface area contributed by atoms with Crippen molar-refractivity contribution in [1.82, 2.24) is 0 Å². The molecular weight excluding hydrogens is 333 g/mol. The lowest BCUT2D eigenvalue weighted by Gasteiger charge is -2.09. The number of benzene rings is 3. The third kappa shape index (κ3) is 4.34. The number of hydrogen-bond acceptors (Lipinski definition) is 0. The van der Waals surface area contributed by atoms with Crippen LogP contribution in [0.2, 0.25) is 0 Å². The van der Waals surface area contributed by atoms with Crippen LogP contribution in [0.5, 0.6) is 0 Å². The lowest BCUT2D eigenvalue weighted by atomic mass is 9.97. The van der Waals surface area contributed by atoms with Crippen LogP contribution < -0.4 is 0 Å². The number of rotatable bonds is 7. The summed E-state index contributed by atoms with van der Waals surface area (Å²) in [5.74, 6) is -0.733. The second kappa shape index (κ2) is 8.70. The number of alkyl halides is 1. The highest BCUT2D eigenvalue weighted by Gasteiger charge is 2.11. The Bertz CT molecular complexity index is 857. The maximum absolute atomic E-state index is 14.5. The molecule has 26 heavy (non-hydrogen) atoms. The van der Waals surface area contributed by atoms with Gasteiger partial charge in [-0.15, -0.1) is 0 Å². The summed E-state index contributed by atoms with van der Waals surface area (Å²) < 4.78 is 41.1. The lowest BCUT2D eigenvalue weighted by molar-refractivity contribution is 0.456. The van der Waals surface area contributed by atoms with Crippen molar-refractivity contribution < 1.29 is 13.2 Å². The van der Waals surface area contributed by atoms with E-state index in [0.717, 1.165) is 30.4 Å². The number of unbranched alkanes of at least 4 members (excludes halogenated alkanes) is 2. The van der Waals surface area contributed by atoms with Gasteiger partial charge in [-0.3, -0.25) is 4.39 Å². The number of halogens is 3.